The average molecular weight is 216 g/mol. The van der Waals surface area contributed by atoms with E-state index in [0.717, 1.165) is 18.5 Å². The molecule has 0 aliphatic carbocycles. The number of halogens is 1. The van der Waals surface area contributed by atoms with Gasteiger partial charge in [-0.15, -0.1) is 12.4 Å². The van der Waals surface area contributed by atoms with Crippen molar-refractivity contribution in [2.45, 2.75) is 38.7 Å². The van der Waals surface area contributed by atoms with Crippen LogP contribution in [0.5, 0.6) is 0 Å². The lowest BCUT2D eigenvalue weighted by Crippen LogP contribution is -1.99. The van der Waals surface area contributed by atoms with Gasteiger partial charge in [0.2, 0.25) is 0 Å². The Kier molecular flexibility index (Phi) is 7.44. The van der Waals surface area contributed by atoms with Crippen molar-refractivity contribution in [3.8, 4) is 0 Å². The lowest BCUT2D eigenvalue weighted by atomic mass is 10.1. The van der Waals surface area contributed by atoms with E-state index in [1.54, 1.807) is 6.20 Å². The Morgan fingerprint density at radius 3 is 2.71 bits per heavy atom. The van der Waals surface area contributed by atoms with E-state index in [1.807, 2.05) is 18.2 Å². The van der Waals surface area contributed by atoms with Gasteiger partial charge < -0.3 is 5.11 Å². The molecule has 0 fully saturated rings. The highest BCUT2D eigenvalue weighted by atomic mass is 35.5. The van der Waals surface area contributed by atoms with Gasteiger partial charge >= 0.3 is 0 Å². The zero-order chi connectivity index (χ0) is 9.52. The molecule has 1 aromatic heterocycles. The van der Waals surface area contributed by atoms with Crippen molar-refractivity contribution >= 4 is 12.4 Å². The second-order valence-corrected chi connectivity index (χ2v) is 3.27. The number of nitrogens with zero attached hydrogens (tertiary/aromatic N) is 1. The minimum atomic E-state index is -0.382. The molecule has 0 amide bonds. The maximum absolute atomic E-state index is 9.68. The van der Waals surface area contributed by atoms with Gasteiger partial charge in [-0.2, -0.15) is 0 Å². The van der Waals surface area contributed by atoms with E-state index < -0.39 is 0 Å². The molecule has 1 unspecified atom stereocenters. The normalized spacial score (nSPS) is 11.9. The highest BCUT2D eigenvalue weighted by Crippen LogP contribution is 2.16. The third-order valence-electron chi connectivity index (χ3n) is 2.11. The van der Waals surface area contributed by atoms with Crippen LogP contribution in [0.3, 0.4) is 0 Å². The number of aromatic nitrogens is 1. The van der Waals surface area contributed by atoms with Crippen molar-refractivity contribution in [2.75, 3.05) is 0 Å². The fraction of sp³-hybridized carbons (Fsp3) is 0.545. The molecule has 0 aliphatic heterocycles. The number of rotatable bonds is 5. The second-order valence-electron chi connectivity index (χ2n) is 3.27. The number of aliphatic hydroxyl groups is 1. The molecule has 3 heteroatoms. The van der Waals surface area contributed by atoms with Gasteiger partial charge in [-0.25, -0.2) is 0 Å². The first-order chi connectivity index (χ1) is 6.34. The van der Waals surface area contributed by atoms with Gasteiger partial charge in [0.25, 0.3) is 0 Å². The summed E-state index contributed by atoms with van der Waals surface area (Å²) in [5.74, 6) is 0. The van der Waals surface area contributed by atoms with E-state index in [4.69, 9.17) is 0 Å². The summed E-state index contributed by atoms with van der Waals surface area (Å²) in [6.45, 7) is 2.16. The molecule has 80 valence electrons. The maximum atomic E-state index is 9.68. The number of unbranched alkanes of at least 4 members (excludes halogenated alkanes) is 2. The lowest BCUT2D eigenvalue weighted by molar-refractivity contribution is 0.159. The molecule has 1 heterocycles. The summed E-state index contributed by atoms with van der Waals surface area (Å²) in [7, 11) is 0. The van der Waals surface area contributed by atoms with Crippen LogP contribution in [0.25, 0.3) is 0 Å². The molecule has 0 aliphatic rings. The Morgan fingerprint density at radius 1 is 1.36 bits per heavy atom. The summed E-state index contributed by atoms with van der Waals surface area (Å²) in [5, 5.41) is 9.68. The summed E-state index contributed by atoms with van der Waals surface area (Å²) in [6.07, 6.45) is 5.61. The molecule has 1 N–H and O–H groups in total. The smallest absolute Gasteiger partial charge is 0.0959 e. The first-order valence-electron chi connectivity index (χ1n) is 4.93. The van der Waals surface area contributed by atoms with Crippen LogP contribution in [0.1, 0.15) is 44.4 Å². The lowest BCUT2D eigenvalue weighted by Gasteiger charge is -2.08. The van der Waals surface area contributed by atoms with Gasteiger partial charge in [0.05, 0.1) is 11.8 Å². The molecule has 0 aromatic carbocycles. The largest absolute Gasteiger partial charge is 0.387 e. The summed E-state index contributed by atoms with van der Waals surface area (Å²) >= 11 is 0. The van der Waals surface area contributed by atoms with Crippen LogP contribution < -0.4 is 0 Å². The van der Waals surface area contributed by atoms with Crippen LogP contribution in [-0.4, -0.2) is 10.1 Å². The van der Waals surface area contributed by atoms with Crippen molar-refractivity contribution < 1.29 is 5.11 Å². The second kappa shape index (κ2) is 7.77. The van der Waals surface area contributed by atoms with Crippen LogP contribution in [0.15, 0.2) is 24.4 Å². The number of hydrogen-bond donors (Lipinski definition) is 1. The molecule has 14 heavy (non-hydrogen) atoms. The fourth-order valence-electron chi connectivity index (χ4n) is 1.31. The first-order valence-corrected chi connectivity index (χ1v) is 4.93. The van der Waals surface area contributed by atoms with Gasteiger partial charge in [0, 0.05) is 6.20 Å². The first kappa shape index (κ1) is 13.4. The Hall–Kier alpha value is -0.600. The monoisotopic (exact) mass is 215 g/mol. The predicted molar refractivity (Wildman–Crippen MR) is 60.6 cm³/mol. The number of hydrogen-bond acceptors (Lipinski definition) is 2. The van der Waals surface area contributed by atoms with Crippen LogP contribution in [0, 0.1) is 0 Å². The SMILES string of the molecule is CCCCCC(O)c1ccccn1.Cl. The van der Waals surface area contributed by atoms with Crippen molar-refractivity contribution in [2.24, 2.45) is 0 Å². The molecule has 0 radical (unpaired) electrons. The van der Waals surface area contributed by atoms with E-state index in [-0.39, 0.29) is 18.5 Å². The molecule has 0 spiro atoms. The van der Waals surface area contributed by atoms with Crippen molar-refractivity contribution in [1.82, 2.24) is 4.98 Å². The van der Waals surface area contributed by atoms with Crippen molar-refractivity contribution in [3.05, 3.63) is 30.1 Å². The zero-order valence-electron chi connectivity index (χ0n) is 8.52. The molecule has 1 aromatic rings. The molecule has 1 atom stereocenters. The zero-order valence-corrected chi connectivity index (χ0v) is 9.33. The fourth-order valence-corrected chi connectivity index (χ4v) is 1.31. The van der Waals surface area contributed by atoms with Crippen LogP contribution in [0.2, 0.25) is 0 Å². The van der Waals surface area contributed by atoms with Gasteiger partial charge in [0.15, 0.2) is 0 Å². The van der Waals surface area contributed by atoms with E-state index in [9.17, 15) is 5.11 Å². The Bertz CT molecular complexity index is 228. The number of aliphatic hydroxyl groups excluding tert-OH is 1. The quantitative estimate of drug-likeness (QED) is 0.766. The van der Waals surface area contributed by atoms with Gasteiger partial charge in [-0.05, 0) is 18.6 Å². The highest BCUT2D eigenvalue weighted by Gasteiger charge is 2.06. The maximum Gasteiger partial charge on any atom is 0.0959 e. The van der Waals surface area contributed by atoms with E-state index >= 15 is 0 Å². The van der Waals surface area contributed by atoms with Gasteiger partial charge in [0.1, 0.15) is 0 Å². The van der Waals surface area contributed by atoms with Crippen molar-refractivity contribution in [3.63, 3.8) is 0 Å². The molecule has 1 rings (SSSR count). The van der Waals surface area contributed by atoms with Crippen LogP contribution >= 0.6 is 12.4 Å². The van der Waals surface area contributed by atoms with E-state index in [1.165, 1.54) is 12.8 Å². The van der Waals surface area contributed by atoms with Crippen molar-refractivity contribution in [1.29, 1.82) is 0 Å². The summed E-state index contributed by atoms with van der Waals surface area (Å²) < 4.78 is 0. The molecular formula is C11H18ClNO. The minimum Gasteiger partial charge on any atom is -0.387 e. The minimum absolute atomic E-state index is 0. The topological polar surface area (TPSA) is 33.1 Å². The summed E-state index contributed by atoms with van der Waals surface area (Å²) in [5.41, 5.74) is 0.790. The van der Waals surface area contributed by atoms with Gasteiger partial charge in [-0.1, -0.05) is 32.3 Å². The van der Waals surface area contributed by atoms with Crippen LogP contribution in [-0.2, 0) is 0 Å². The molecule has 2 nitrogen and oxygen atoms in total. The average Bonchev–Trinajstić information content (AvgIpc) is 2.19. The molecular weight excluding hydrogens is 198 g/mol. The third-order valence-corrected chi connectivity index (χ3v) is 2.11. The highest BCUT2D eigenvalue weighted by molar-refractivity contribution is 5.85. The molecule has 0 bridgehead atoms. The van der Waals surface area contributed by atoms with Crippen LogP contribution in [0.4, 0.5) is 0 Å². The third kappa shape index (κ3) is 4.58. The Morgan fingerprint density at radius 2 is 2.14 bits per heavy atom. The number of pyridine rings is 1. The van der Waals surface area contributed by atoms with E-state index in [2.05, 4.69) is 11.9 Å². The summed E-state index contributed by atoms with van der Waals surface area (Å²) in [6, 6.07) is 5.64. The summed E-state index contributed by atoms with van der Waals surface area (Å²) in [4.78, 5) is 4.11. The Labute approximate surface area is 91.8 Å². The molecule has 0 saturated heterocycles. The predicted octanol–water partition coefficient (Wildman–Crippen LogP) is 3.12. The Balaban J connectivity index is 0.00000169. The van der Waals surface area contributed by atoms with Gasteiger partial charge in [-0.3, -0.25) is 4.98 Å². The van der Waals surface area contributed by atoms with E-state index in [0.29, 0.717) is 0 Å². The standard InChI is InChI=1S/C11H17NO.ClH/c1-2-3-4-8-11(13)10-7-5-6-9-12-10;/h5-7,9,11,13H,2-4,8H2,1H3;1H. The molecule has 0 saturated carbocycles.